The van der Waals surface area contributed by atoms with Gasteiger partial charge in [-0.15, -0.1) is 0 Å². The van der Waals surface area contributed by atoms with Crippen molar-refractivity contribution in [2.75, 3.05) is 6.61 Å². The summed E-state index contributed by atoms with van der Waals surface area (Å²) in [6, 6.07) is 6.78. The van der Waals surface area contributed by atoms with Crippen LogP contribution in [-0.4, -0.2) is 12.6 Å². The number of hydrogen-bond donors (Lipinski definition) is 0. The fraction of sp³-hybridized carbons (Fsp3) is 0.417. The number of halogens is 1. The van der Waals surface area contributed by atoms with Crippen LogP contribution in [0.15, 0.2) is 24.3 Å². The number of carbonyl (C=O) groups is 1. The van der Waals surface area contributed by atoms with Crippen molar-refractivity contribution in [1.82, 2.24) is 0 Å². The summed E-state index contributed by atoms with van der Waals surface area (Å²) < 4.78 is 5.14. The van der Waals surface area contributed by atoms with Crippen molar-refractivity contribution in [3.63, 3.8) is 0 Å². The summed E-state index contributed by atoms with van der Waals surface area (Å²) in [4.78, 5) is 11.5. The Bertz CT molecular complexity index is 336. The summed E-state index contributed by atoms with van der Waals surface area (Å²) in [5, 5.41) is 0.549. The zero-order valence-corrected chi connectivity index (χ0v) is 9.75. The second-order valence-corrected chi connectivity index (χ2v) is 4.06. The Morgan fingerprint density at radius 1 is 1.53 bits per heavy atom. The molecule has 1 atom stereocenters. The van der Waals surface area contributed by atoms with Crippen molar-refractivity contribution in [3.05, 3.63) is 34.9 Å². The van der Waals surface area contributed by atoms with Gasteiger partial charge < -0.3 is 4.74 Å². The topological polar surface area (TPSA) is 26.3 Å². The van der Waals surface area contributed by atoms with Crippen LogP contribution in [0, 0.1) is 5.92 Å². The Morgan fingerprint density at radius 3 is 2.87 bits per heavy atom. The van der Waals surface area contributed by atoms with E-state index in [1.54, 1.807) is 24.3 Å². The molecule has 3 heteroatoms. The Kier molecular flexibility index (Phi) is 4.63. The van der Waals surface area contributed by atoms with Crippen LogP contribution in [0.3, 0.4) is 0 Å². The summed E-state index contributed by atoms with van der Waals surface area (Å²) >= 11 is 5.77. The van der Waals surface area contributed by atoms with Gasteiger partial charge >= 0.3 is 5.97 Å². The highest BCUT2D eigenvalue weighted by Crippen LogP contribution is 2.12. The van der Waals surface area contributed by atoms with Crippen LogP contribution < -0.4 is 0 Å². The van der Waals surface area contributed by atoms with E-state index >= 15 is 0 Å². The molecule has 1 unspecified atom stereocenters. The quantitative estimate of drug-likeness (QED) is 0.734. The van der Waals surface area contributed by atoms with E-state index in [0.717, 1.165) is 6.42 Å². The third kappa shape index (κ3) is 3.92. The number of ether oxygens (including phenoxy) is 1. The summed E-state index contributed by atoms with van der Waals surface area (Å²) in [5.74, 6) is 0.0888. The molecule has 0 aliphatic heterocycles. The number of rotatable bonds is 4. The predicted molar refractivity (Wildman–Crippen MR) is 61.2 cm³/mol. The maximum absolute atomic E-state index is 11.5. The summed E-state index contributed by atoms with van der Waals surface area (Å²) in [6.07, 6.45) is 1.00. The Balaban J connectivity index is 2.54. The molecule has 0 bridgehead atoms. The van der Waals surface area contributed by atoms with E-state index in [2.05, 4.69) is 6.92 Å². The standard InChI is InChI=1S/C12H15ClO2/c1-3-9(2)8-15-12(14)10-5-4-6-11(13)7-10/h4-7,9H,3,8H2,1-2H3. The van der Waals surface area contributed by atoms with Gasteiger partial charge in [-0.3, -0.25) is 0 Å². The zero-order valence-electron chi connectivity index (χ0n) is 9.00. The van der Waals surface area contributed by atoms with Gasteiger partial charge in [-0.2, -0.15) is 0 Å². The van der Waals surface area contributed by atoms with Crippen molar-refractivity contribution < 1.29 is 9.53 Å². The lowest BCUT2D eigenvalue weighted by Crippen LogP contribution is -2.11. The van der Waals surface area contributed by atoms with E-state index in [0.29, 0.717) is 23.1 Å². The fourth-order valence-corrected chi connectivity index (χ4v) is 1.22. The summed E-state index contributed by atoms with van der Waals surface area (Å²) in [7, 11) is 0. The maximum Gasteiger partial charge on any atom is 0.338 e. The molecule has 0 saturated carbocycles. The Morgan fingerprint density at radius 2 is 2.27 bits per heavy atom. The van der Waals surface area contributed by atoms with Gasteiger partial charge in [0.15, 0.2) is 0 Å². The van der Waals surface area contributed by atoms with Crippen LogP contribution in [0.2, 0.25) is 5.02 Å². The molecule has 0 fully saturated rings. The molecule has 82 valence electrons. The first-order valence-corrected chi connectivity index (χ1v) is 5.44. The highest BCUT2D eigenvalue weighted by Gasteiger charge is 2.08. The summed E-state index contributed by atoms with van der Waals surface area (Å²) in [6.45, 7) is 4.57. The maximum atomic E-state index is 11.5. The molecule has 2 nitrogen and oxygen atoms in total. The van der Waals surface area contributed by atoms with Gasteiger partial charge in [-0.05, 0) is 24.1 Å². The van der Waals surface area contributed by atoms with Crippen molar-refractivity contribution in [3.8, 4) is 0 Å². The SMILES string of the molecule is CCC(C)COC(=O)c1cccc(Cl)c1. The largest absolute Gasteiger partial charge is 0.462 e. The normalized spacial score (nSPS) is 12.2. The number of carbonyl (C=O) groups excluding carboxylic acids is 1. The van der Waals surface area contributed by atoms with E-state index in [1.165, 1.54) is 0 Å². The lowest BCUT2D eigenvalue weighted by molar-refractivity contribution is 0.0447. The van der Waals surface area contributed by atoms with Crippen LogP contribution >= 0.6 is 11.6 Å². The zero-order chi connectivity index (χ0) is 11.3. The van der Waals surface area contributed by atoms with E-state index in [4.69, 9.17) is 16.3 Å². The Labute approximate surface area is 95.2 Å². The molecular weight excluding hydrogens is 212 g/mol. The third-order valence-electron chi connectivity index (χ3n) is 2.26. The molecule has 1 aromatic carbocycles. The molecule has 0 aliphatic carbocycles. The molecule has 0 spiro atoms. The second kappa shape index (κ2) is 5.76. The van der Waals surface area contributed by atoms with Crippen LogP contribution in [0.25, 0.3) is 0 Å². The number of benzene rings is 1. The minimum atomic E-state index is -0.308. The van der Waals surface area contributed by atoms with Crippen molar-refractivity contribution in [1.29, 1.82) is 0 Å². The third-order valence-corrected chi connectivity index (χ3v) is 2.49. The minimum absolute atomic E-state index is 0.308. The number of hydrogen-bond acceptors (Lipinski definition) is 2. The van der Waals surface area contributed by atoms with Crippen molar-refractivity contribution >= 4 is 17.6 Å². The molecular formula is C12H15ClO2. The van der Waals surface area contributed by atoms with Gasteiger partial charge in [-0.25, -0.2) is 4.79 Å². The number of esters is 1. The van der Waals surface area contributed by atoms with Gasteiger partial charge in [0.25, 0.3) is 0 Å². The lowest BCUT2D eigenvalue weighted by Gasteiger charge is -2.09. The summed E-state index contributed by atoms with van der Waals surface area (Å²) in [5.41, 5.74) is 0.505. The van der Waals surface area contributed by atoms with Gasteiger partial charge in [0.2, 0.25) is 0 Å². The van der Waals surface area contributed by atoms with E-state index < -0.39 is 0 Å². The molecule has 15 heavy (non-hydrogen) atoms. The smallest absolute Gasteiger partial charge is 0.338 e. The van der Waals surface area contributed by atoms with E-state index in [9.17, 15) is 4.79 Å². The molecule has 0 radical (unpaired) electrons. The van der Waals surface area contributed by atoms with Crippen LogP contribution in [0.4, 0.5) is 0 Å². The predicted octanol–water partition coefficient (Wildman–Crippen LogP) is 3.54. The molecule has 0 heterocycles. The molecule has 1 aromatic rings. The fourth-order valence-electron chi connectivity index (χ4n) is 1.03. The molecule has 0 saturated heterocycles. The minimum Gasteiger partial charge on any atom is -0.462 e. The lowest BCUT2D eigenvalue weighted by atomic mass is 10.1. The van der Waals surface area contributed by atoms with Gasteiger partial charge in [-0.1, -0.05) is 37.9 Å². The average Bonchev–Trinajstić information content (AvgIpc) is 2.25. The molecule has 0 N–H and O–H groups in total. The van der Waals surface area contributed by atoms with Crippen molar-refractivity contribution in [2.24, 2.45) is 5.92 Å². The Hall–Kier alpha value is -1.02. The average molecular weight is 227 g/mol. The van der Waals surface area contributed by atoms with Crippen molar-refractivity contribution in [2.45, 2.75) is 20.3 Å². The van der Waals surface area contributed by atoms with E-state index in [-0.39, 0.29) is 5.97 Å². The van der Waals surface area contributed by atoms with Gasteiger partial charge in [0, 0.05) is 5.02 Å². The first-order chi connectivity index (χ1) is 7.13. The molecule has 0 aliphatic rings. The van der Waals surface area contributed by atoms with Gasteiger partial charge in [0.1, 0.15) is 0 Å². The monoisotopic (exact) mass is 226 g/mol. The van der Waals surface area contributed by atoms with Gasteiger partial charge in [0.05, 0.1) is 12.2 Å². The first kappa shape index (κ1) is 12.1. The van der Waals surface area contributed by atoms with Crippen LogP contribution in [-0.2, 0) is 4.74 Å². The van der Waals surface area contributed by atoms with Crippen LogP contribution in [0.1, 0.15) is 30.6 Å². The van der Waals surface area contributed by atoms with E-state index in [1.807, 2.05) is 6.92 Å². The first-order valence-electron chi connectivity index (χ1n) is 5.06. The highest BCUT2D eigenvalue weighted by molar-refractivity contribution is 6.30. The second-order valence-electron chi connectivity index (χ2n) is 3.62. The van der Waals surface area contributed by atoms with Crippen LogP contribution in [0.5, 0.6) is 0 Å². The molecule has 0 aromatic heterocycles. The highest BCUT2D eigenvalue weighted by atomic mass is 35.5. The molecule has 0 amide bonds. The molecule has 1 rings (SSSR count).